The molecule has 1 aliphatic heterocycles. The van der Waals surface area contributed by atoms with Crippen LogP contribution in [0.1, 0.15) is 17.0 Å². The average Bonchev–Trinajstić information content (AvgIpc) is 2.85. The summed E-state index contributed by atoms with van der Waals surface area (Å²) in [5, 5.41) is 20.3. The molecule has 0 saturated heterocycles. The highest BCUT2D eigenvalue weighted by atomic mass is 16.2. The Kier molecular flexibility index (Phi) is 5.60. The van der Waals surface area contributed by atoms with Gasteiger partial charge in [-0.2, -0.15) is 5.10 Å². The summed E-state index contributed by atoms with van der Waals surface area (Å²) in [5.41, 5.74) is 9.70. The van der Waals surface area contributed by atoms with E-state index >= 15 is 0 Å². The molecule has 2 heterocycles. The van der Waals surface area contributed by atoms with Crippen LogP contribution in [0.5, 0.6) is 0 Å². The van der Waals surface area contributed by atoms with Crippen molar-refractivity contribution in [2.24, 2.45) is 10.8 Å². The molecule has 3 aromatic carbocycles. The molecule has 33 heavy (non-hydrogen) atoms. The molecule has 4 aromatic rings. The van der Waals surface area contributed by atoms with E-state index in [0.717, 1.165) is 27.6 Å². The number of carbonyl (C=O) groups is 1. The van der Waals surface area contributed by atoms with Crippen molar-refractivity contribution in [3.05, 3.63) is 96.3 Å². The summed E-state index contributed by atoms with van der Waals surface area (Å²) in [7, 11) is -0.970. The predicted octanol–water partition coefficient (Wildman–Crippen LogP) is 2.46. The third-order valence-electron chi connectivity index (χ3n) is 5.83. The number of fused-ring (bicyclic) bond motifs is 2. The molecule has 1 aromatic heterocycles. The second kappa shape index (κ2) is 8.86. The van der Waals surface area contributed by atoms with E-state index in [0.29, 0.717) is 11.2 Å². The van der Waals surface area contributed by atoms with Crippen molar-refractivity contribution in [2.45, 2.75) is 5.92 Å². The van der Waals surface area contributed by atoms with Crippen molar-refractivity contribution in [1.82, 2.24) is 4.98 Å². The molecule has 162 valence electrons. The van der Waals surface area contributed by atoms with Gasteiger partial charge in [-0.3, -0.25) is 14.7 Å². The maximum atomic E-state index is 13.1. The lowest BCUT2D eigenvalue weighted by Crippen LogP contribution is -2.50. The Hall–Kier alpha value is -4.01. The number of aromatic nitrogens is 1. The fourth-order valence-corrected chi connectivity index (χ4v) is 4.04. The number of nitrogens with two attached hydrogens (primary N) is 1. The van der Waals surface area contributed by atoms with Gasteiger partial charge in [-0.1, -0.05) is 42.5 Å². The summed E-state index contributed by atoms with van der Waals surface area (Å²) in [6, 6.07) is 22.6. The van der Waals surface area contributed by atoms with E-state index in [4.69, 9.17) is 5.73 Å². The van der Waals surface area contributed by atoms with Gasteiger partial charge >= 0.3 is 7.05 Å². The Balaban J connectivity index is 1.40. The van der Waals surface area contributed by atoms with Crippen LogP contribution in [-0.4, -0.2) is 35.7 Å². The Bertz CT molecular complexity index is 1350. The number of hydrazone groups is 1. The third kappa shape index (κ3) is 4.09. The molecule has 0 fully saturated rings. The van der Waals surface area contributed by atoms with Gasteiger partial charge in [0.05, 0.1) is 12.1 Å². The Morgan fingerprint density at radius 2 is 1.91 bits per heavy atom. The molecule has 0 aliphatic carbocycles. The van der Waals surface area contributed by atoms with Crippen molar-refractivity contribution in [3.63, 3.8) is 0 Å². The lowest BCUT2D eigenvalue weighted by atomic mass is 9.68. The highest BCUT2D eigenvalue weighted by molar-refractivity contribution is 6.71. The van der Waals surface area contributed by atoms with Gasteiger partial charge in [0.25, 0.3) is 0 Å². The number of hydrogen-bond acceptors (Lipinski definition) is 6. The number of amides is 1. The van der Waals surface area contributed by atoms with Crippen molar-refractivity contribution in [2.75, 3.05) is 16.8 Å². The number of anilines is 2. The van der Waals surface area contributed by atoms with Crippen LogP contribution < -0.4 is 21.4 Å². The molecule has 8 heteroatoms. The van der Waals surface area contributed by atoms with Gasteiger partial charge in [-0.25, -0.2) is 0 Å². The molecule has 5 rings (SSSR count). The maximum absolute atomic E-state index is 13.1. The fourth-order valence-electron chi connectivity index (χ4n) is 4.04. The Morgan fingerprint density at radius 3 is 2.73 bits per heavy atom. The van der Waals surface area contributed by atoms with Crippen LogP contribution in [0.3, 0.4) is 0 Å². The summed E-state index contributed by atoms with van der Waals surface area (Å²) < 4.78 is 0. The lowest BCUT2D eigenvalue weighted by molar-refractivity contribution is -0.117. The van der Waals surface area contributed by atoms with Crippen molar-refractivity contribution < 1.29 is 9.82 Å². The van der Waals surface area contributed by atoms with Gasteiger partial charge in [0.15, 0.2) is 0 Å². The normalized spacial score (nSPS) is 13.6. The number of benzene rings is 3. The monoisotopic (exact) mass is 435 g/mol. The number of nitrogens with zero attached hydrogens (tertiary/aromatic N) is 3. The van der Waals surface area contributed by atoms with Gasteiger partial charge in [0.1, 0.15) is 0 Å². The summed E-state index contributed by atoms with van der Waals surface area (Å²) in [6.07, 6.45) is 5.21. The first-order valence-electron chi connectivity index (χ1n) is 10.7. The smallest absolute Gasteiger partial charge is 0.427 e. The van der Waals surface area contributed by atoms with Crippen molar-refractivity contribution in [1.29, 1.82) is 0 Å². The van der Waals surface area contributed by atoms with Crippen LogP contribution >= 0.6 is 0 Å². The van der Waals surface area contributed by atoms with Crippen LogP contribution in [0.2, 0.25) is 0 Å². The highest BCUT2D eigenvalue weighted by Crippen LogP contribution is 2.23. The molecular formula is C25H22BN5O2. The molecule has 0 saturated carbocycles. The van der Waals surface area contributed by atoms with Crippen LogP contribution in [0.25, 0.3) is 10.8 Å². The molecule has 0 radical (unpaired) electrons. The number of para-hydroxylation sites is 1. The van der Waals surface area contributed by atoms with E-state index < -0.39 is 13.0 Å². The summed E-state index contributed by atoms with van der Waals surface area (Å²) in [6.45, 7) is 0.134. The number of nitrogens with one attached hydrogen (secondary N) is 1. The number of hydrogen-bond donors (Lipinski definition) is 3. The predicted molar refractivity (Wildman–Crippen MR) is 133 cm³/mol. The molecule has 4 N–H and O–H groups in total. The minimum absolute atomic E-state index is 0.134. The molecular weight excluding hydrogens is 413 g/mol. The number of carbonyl (C=O) groups excluding carboxylic acids is 1. The van der Waals surface area contributed by atoms with Crippen LogP contribution in [0, 0.1) is 0 Å². The molecule has 1 unspecified atom stereocenters. The van der Waals surface area contributed by atoms with Gasteiger partial charge < -0.3 is 16.1 Å². The first kappa shape index (κ1) is 20.9. The largest absolute Gasteiger partial charge is 0.471 e. The first-order valence-corrected chi connectivity index (χ1v) is 10.7. The van der Waals surface area contributed by atoms with Gasteiger partial charge in [0.2, 0.25) is 5.91 Å². The highest BCUT2D eigenvalue weighted by Gasteiger charge is 2.31. The molecule has 0 spiro atoms. The van der Waals surface area contributed by atoms with Crippen LogP contribution in [-0.2, 0) is 4.79 Å². The minimum Gasteiger partial charge on any atom is -0.427 e. The van der Waals surface area contributed by atoms with E-state index in [-0.39, 0.29) is 12.5 Å². The van der Waals surface area contributed by atoms with Gasteiger partial charge in [-0.15, -0.1) is 0 Å². The Labute approximate surface area is 191 Å². The van der Waals surface area contributed by atoms with E-state index in [1.165, 1.54) is 0 Å². The van der Waals surface area contributed by atoms with E-state index in [1.807, 2.05) is 72.8 Å². The molecule has 1 atom stereocenters. The van der Waals surface area contributed by atoms with Crippen molar-refractivity contribution in [3.8, 4) is 0 Å². The third-order valence-corrected chi connectivity index (χ3v) is 5.83. The quantitative estimate of drug-likeness (QED) is 0.418. The van der Waals surface area contributed by atoms with Gasteiger partial charge in [0, 0.05) is 35.7 Å². The molecule has 1 aliphatic rings. The van der Waals surface area contributed by atoms with Crippen LogP contribution in [0.15, 0.2) is 90.3 Å². The zero-order chi connectivity index (χ0) is 22.8. The van der Waals surface area contributed by atoms with Crippen molar-refractivity contribution >= 4 is 46.8 Å². The van der Waals surface area contributed by atoms with Crippen LogP contribution in [0.4, 0.5) is 11.4 Å². The minimum atomic E-state index is -0.970. The second-order valence-corrected chi connectivity index (χ2v) is 7.90. The van der Waals surface area contributed by atoms with E-state index in [1.54, 1.807) is 23.5 Å². The molecule has 0 bridgehead atoms. The number of rotatable bonds is 5. The fraction of sp³-hybridized carbons (Fsp3) is 0.0800. The Morgan fingerprint density at radius 1 is 1.06 bits per heavy atom. The summed E-state index contributed by atoms with van der Waals surface area (Å²) >= 11 is 0. The van der Waals surface area contributed by atoms with E-state index in [2.05, 4.69) is 15.4 Å². The van der Waals surface area contributed by atoms with Gasteiger partial charge in [-0.05, 0) is 52.3 Å². The standard InChI is InChI=1S/C25H22BN5O2/c27-14-23(25(32)30-21-9-8-19-15-28-11-10-17(19)12-21)18-6-7-20-16-29-31(26(33)24(20)13-18)22-4-2-1-3-5-22/h1-13,15-16,23,33H,14,27H2,(H,30,32). The first-order chi connectivity index (χ1) is 16.1. The summed E-state index contributed by atoms with van der Waals surface area (Å²) in [5.74, 6) is -0.774. The zero-order valence-corrected chi connectivity index (χ0v) is 17.8. The molecule has 7 nitrogen and oxygen atoms in total. The second-order valence-electron chi connectivity index (χ2n) is 7.90. The SMILES string of the molecule is NCC(C(=O)Nc1ccc2cnccc2c1)c1ccc2c(c1)B(O)N(c1ccccc1)N=C2. The number of pyridine rings is 1. The lowest BCUT2D eigenvalue weighted by Gasteiger charge is -2.27. The zero-order valence-electron chi connectivity index (χ0n) is 17.8. The maximum Gasteiger partial charge on any atom is 0.471 e. The average molecular weight is 435 g/mol. The molecule has 1 amide bonds. The van der Waals surface area contributed by atoms with E-state index in [9.17, 15) is 9.82 Å². The topological polar surface area (TPSA) is 104 Å². The summed E-state index contributed by atoms with van der Waals surface area (Å²) in [4.78, 5) is 18.8.